The minimum atomic E-state index is -3.01. The average Bonchev–Trinajstić information content (AvgIpc) is 3.14. The van der Waals surface area contributed by atoms with Gasteiger partial charge < -0.3 is 4.90 Å². The summed E-state index contributed by atoms with van der Waals surface area (Å²) in [4.78, 5) is 14.0. The molecule has 0 aliphatic carbocycles. The monoisotopic (exact) mass is 394 g/mol. The molecule has 1 aromatic heterocycles. The lowest BCUT2D eigenvalue weighted by molar-refractivity contribution is -0.128. The van der Waals surface area contributed by atoms with E-state index < -0.39 is 9.84 Å². The first-order valence-electron chi connectivity index (χ1n) is 8.35. The average molecular weight is 395 g/mol. The Bertz CT molecular complexity index is 924. The van der Waals surface area contributed by atoms with Crippen molar-refractivity contribution < 1.29 is 13.2 Å². The van der Waals surface area contributed by atoms with Crippen molar-refractivity contribution in [1.82, 2.24) is 19.7 Å². The second-order valence-corrected chi connectivity index (χ2v) is 9.73. The molecule has 0 spiro atoms. The molecule has 7 nitrogen and oxygen atoms in total. The lowest BCUT2D eigenvalue weighted by atomic mass is 10.2. The molecule has 1 aromatic carbocycles. The summed E-state index contributed by atoms with van der Waals surface area (Å²) >= 11 is 1.31. The minimum absolute atomic E-state index is 0.0541. The molecule has 26 heavy (non-hydrogen) atoms. The molecule has 0 bridgehead atoms. The zero-order valence-electron chi connectivity index (χ0n) is 15.0. The molecule has 0 radical (unpaired) electrons. The van der Waals surface area contributed by atoms with Crippen molar-refractivity contribution in [2.75, 3.05) is 24.3 Å². The molecular weight excluding hydrogens is 372 g/mol. The number of benzene rings is 1. The van der Waals surface area contributed by atoms with Crippen molar-refractivity contribution in [2.24, 2.45) is 0 Å². The lowest BCUT2D eigenvalue weighted by Crippen LogP contribution is -2.38. The molecule has 0 N–H and O–H groups in total. The first kappa shape index (κ1) is 18.9. The second kappa shape index (κ2) is 7.40. The number of nitrogens with zero attached hydrogens (tertiary/aromatic N) is 4. The summed E-state index contributed by atoms with van der Waals surface area (Å²) < 4.78 is 25.2. The first-order valence-corrected chi connectivity index (χ1v) is 11.2. The van der Waals surface area contributed by atoms with Crippen LogP contribution in [-0.2, 0) is 14.6 Å². The van der Waals surface area contributed by atoms with Crippen LogP contribution in [0, 0.1) is 13.8 Å². The standard InChI is InChI=1S/C17H22N4O3S2/c1-12-5-4-6-14(9-12)21-13(2)18-19-17(21)25-10-16(22)20(3)15-7-8-26(23,24)11-15/h4-6,9,15H,7-8,10-11H2,1-3H3/t15-/m1/s1. The SMILES string of the molecule is Cc1cccc(-n2c(C)nnc2SCC(=O)N(C)[C@@H]2CCS(=O)(=O)C2)c1. The van der Waals surface area contributed by atoms with Crippen molar-refractivity contribution >= 4 is 27.5 Å². The summed E-state index contributed by atoms with van der Waals surface area (Å²) in [7, 11) is -1.34. The molecule has 1 aliphatic heterocycles. The van der Waals surface area contributed by atoms with Crippen molar-refractivity contribution in [3.63, 3.8) is 0 Å². The van der Waals surface area contributed by atoms with Crippen LogP contribution in [0.1, 0.15) is 17.8 Å². The molecule has 2 heterocycles. The fraction of sp³-hybridized carbons (Fsp3) is 0.471. The van der Waals surface area contributed by atoms with E-state index in [1.54, 1.807) is 11.9 Å². The molecule has 9 heteroatoms. The van der Waals surface area contributed by atoms with E-state index in [0.29, 0.717) is 11.6 Å². The number of thioether (sulfide) groups is 1. The van der Waals surface area contributed by atoms with Gasteiger partial charge >= 0.3 is 0 Å². The highest BCUT2D eigenvalue weighted by Gasteiger charge is 2.32. The van der Waals surface area contributed by atoms with Gasteiger partial charge in [0.05, 0.1) is 17.3 Å². The van der Waals surface area contributed by atoms with Crippen LogP contribution in [0.25, 0.3) is 5.69 Å². The van der Waals surface area contributed by atoms with Crippen LogP contribution in [0.4, 0.5) is 0 Å². The Morgan fingerprint density at radius 1 is 1.35 bits per heavy atom. The topological polar surface area (TPSA) is 85.2 Å². The molecule has 2 aromatic rings. The van der Waals surface area contributed by atoms with Crippen LogP contribution in [-0.4, -0.2) is 64.3 Å². The number of aryl methyl sites for hydroxylation is 2. The first-order chi connectivity index (χ1) is 12.3. The van der Waals surface area contributed by atoms with Gasteiger partial charge in [0.25, 0.3) is 0 Å². The highest BCUT2D eigenvalue weighted by molar-refractivity contribution is 7.99. The van der Waals surface area contributed by atoms with Crippen molar-refractivity contribution in [3.05, 3.63) is 35.7 Å². The third-order valence-corrected chi connectivity index (χ3v) is 7.19. The Morgan fingerprint density at radius 2 is 2.12 bits per heavy atom. The van der Waals surface area contributed by atoms with Gasteiger partial charge in [-0.2, -0.15) is 0 Å². The smallest absolute Gasteiger partial charge is 0.233 e. The molecule has 140 valence electrons. The van der Waals surface area contributed by atoms with E-state index in [-0.39, 0.29) is 29.2 Å². The summed E-state index contributed by atoms with van der Waals surface area (Å²) in [5.74, 6) is 1.05. The Balaban J connectivity index is 1.70. The quantitative estimate of drug-likeness (QED) is 0.717. The summed E-state index contributed by atoms with van der Waals surface area (Å²) in [6.45, 7) is 3.89. The van der Waals surface area contributed by atoms with E-state index in [0.717, 1.165) is 17.1 Å². The Labute approximate surface area is 157 Å². The van der Waals surface area contributed by atoms with E-state index in [1.807, 2.05) is 42.7 Å². The van der Waals surface area contributed by atoms with Gasteiger partial charge in [-0.3, -0.25) is 9.36 Å². The van der Waals surface area contributed by atoms with Crippen molar-refractivity contribution in [3.8, 4) is 5.69 Å². The largest absolute Gasteiger partial charge is 0.341 e. The molecule has 1 aliphatic rings. The maximum absolute atomic E-state index is 12.5. The minimum Gasteiger partial charge on any atom is -0.341 e. The fourth-order valence-electron chi connectivity index (χ4n) is 3.01. The highest BCUT2D eigenvalue weighted by atomic mass is 32.2. The Morgan fingerprint density at radius 3 is 2.77 bits per heavy atom. The number of sulfone groups is 1. The van der Waals surface area contributed by atoms with E-state index in [1.165, 1.54) is 11.8 Å². The van der Waals surface area contributed by atoms with Crippen LogP contribution in [0.5, 0.6) is 0 Å². The number of aromatic nitrogens is 3. The zero-order valence-corrected chi connectivity index (χ0v) is 16.7. The molecule has 1 amide bonds. The van der Waals surface area contributed by atoms with Gasteiger partial charge in [-0.05, 0) is 38.0 Å². The number of rotatable bonds is 5. The van der Waals surface area contributed by atoms with Gasteiger partial charge in [0, 0.05) is 18.8 Å². The van der Waals surface area contributed by atoms with E-state index in [9.17, 15) is 13.2 Å². The van der Waals surface area contributed by atoms with Crippen LogP contribution in [0.3, 0.4) is 0 Å². The second-order valence-electron chi connectivity index (χ2n) is 6.55. The third-order valence-electron chi connectivity index (χ3n) is 4.53. The van der Waals surface area contributed by atoms with Crippen LogP contribution >= 0.6 is 11.8 Å². The summed E-state index contributed by atoms with van der Waals surface area (Å²) in [6, 6.07) is 7.77. The van der Waals surface area contributed by atoms with Crippen LogP contribution in [0.15, 0.2) is 29.4 Å². The maximum atomic E-state index is 12.5. The van der Waals surface area contributed by atoms with E-state index in [4.69, 9.17) is 0 Å². The summed E-state index contributed by atoms with van der Waals surface area (Å²) in [6.07, 6.45) is 0.508. The molecule has 3 rings (SSSR count). The lowest BCUT2D eigenvalue weighted by Gasteiger charge is -2.23. The van der Waals surface area contributed by atoms with Gasteiger partial charge in [-0.1, -0.05) is 23.9 Å². The normalized spacial score (nSPS) is 18.8. The number of hydrogen-bond donors (Lipinski definition) is 0. The predicted octanol–water partition coefficient (Wildman–Crippen LogP) is 1.62. The molecule has 0 saturated carbocycles. The molecule has 1 saturated heterocycles. The number of hydrogen-bond acceptors (Lipinski definition) is 6. The van der Waals surface area contributed by atoms with Gasteiger partial charge in [0.15, 0.2) is 15.0 Å². The van der Waals surface area contributed by atoms with Gasteiger partial charge in [-0.15, -0.1) is 10.2 Å². The fourth-order valence-corrected chi connectivity index (χ4v) is 5.71. The van der Waals surface area contributed by atoms with Crippen LogP contribution < -0.4 is 0 Å². The Kier molecular flexibility index (Phi) is 5.38. The van der Waals surface area contributed by atoms with Gasteiger partial charge in [0.2, 0.25) is 5.91 Å². The molecule has 1 fully saturated rings. The van der Waals surface area contributed by atoms with Gasteiger partial charge in [-0.25, -0.2) is 8.42 Å². The van der Waals surface area contributed by atoms with Crippen LogP contribution in [0.2, 0.25) is 0 Å². The van der Waals surface area contributed by atoms with Crippen molar-refractivity contribution in [1.29, 1.82) is 0 Å². The molecule has 1 atom stereocenters. The summed E-state index contributed by atoms with van der Waals surface area (Å²) in [5, 5.41) is 8.96. The molecule has 0 unspecified atom stereocenters. The zero-order chi connectivity index (χ0) is 18.9. The Hall–Kier alpha value is -1.87. The third kappa shape index (κ3) is 4.09. The number of carbonyl (C=O) groups is 1. The number of amides is 1. The van der Waals surface area contributed by atoms with E-state index in [2.05, 4.69) is 10.2 Å². The molecular formula is C17H22N4O3S2. The highest BCUT2D eigenvalue weighted by Crippen LogP contribution is 2.24. The number of carbonyl (C=O) groups excluding carboxylic acids is 1. The van der Waals surface area contributed by atoms with Crippen molar-refractivity contribution in [2.45, 2.75) is 31.5 Å². The maximum Gasteiger partial charge on any atom is 0.233 e. The van der Waals surface area contributed by atoms with E-state index >= 15 is 0 Å². The summed E-state index contributed by atoms with van der Waals surface area (Å²) in [5.41, 5.74) is 2.09. The van der Waals surface area contributed by atoms with Gasteiger partial charge in [0.1, 0.15) is 5.82 Å². The predicted molar refractivity (Wildman–Crippen MR) is 101 cm³/mol.